The van der Waals surface area contributed by atoms with E-state index in [1.54, 1.807) is 19.2 Å². The molecule has 0 aliphatic heterocycles. The first kappa shape index (κ1) is 19.3. The SMILES string of the molecule is COc1ccc(C(=O)C(C)(O[Si](C)(C)C)c2ccc3ccccc3c2)cc1. The van der Waals surface area contributed by atoms with Gasteiger partial charge in [-0.1, -0.05) is 36.4 Å². The highest BCUT2D eigenvalue weighted by molar-refractivity contribution is 6.70. The number of benzene rings is 3. The minimum atomic E-state index is -2.00. The average molecular weight is 379 g/mol. The number of hydrogen-bond donors (Lipinski definition) is 0. The van der Waals surface area contributed by atoms with E-state index in [2.05, 4.69) is 43.9 Å². The lowest BCUT2D eigenvalue weighted by atomic mass is 9.86. The van der Waals surface area contributed by atoms with Crippen LogP contribution in [0.3, 0.4) is 0 Å². The van der Waals surface area contributed by atoms with E-state index in [0.717, 1.165) is 22.1 Å². The van der Waals surface area contributed by atoms with E-state index in [-0.39, 0.29) is 5.78 Å². The van der Waals surface area contributed by atoms with Crippen molar-refractivity contribution in [3.63, 3.8) is 0 Å². The van der Waals surface area contributed by atoms with Gasteiger partial charge in [0.1, 0.15) is 11.4 Å². The monoisotopic (exact) mass is 378 g/mol. The first-order chi connectivity index (χ1) is 12.7. The van der Waals surface area contributed by atoms with Crippen molar-refractivity contribution in [1.82, 2.24) is 0 Å². The van der Waals surface area contributed by atoms with E-state index >= 15 is 0 Å². The molecular formula is C23H26O3Si. The van der Waals surface area contributed by atoms with Crippen molar-refractivity contribution in [3.8, 4) is 5.75 Å². The molecule has 3 aromatic carbocycles. The Morgan fingerprint density at radius 3 is 2.11 bits per heavy atom. The largest absolute Gasteiger partial charge is 0.497 e. The van der Waals surface area contributed by atoms with E-state index < -0.39 is 13.9 Å². The molecule has 0 bridgehead atoms. The molecule has 4 heteroatoms. The summed E-state index contributed by atoms with van der Waals surface area (Å²) in [6, 6.07) is 21.5. The second-order valence-electron chi connectivity index (χ2n) is 7.87. The summed E-state index contributed by atoms with van der Waals surface area (Å²) < 4.78 is 11.7. The number of hydrogen-bond acceptors (Lipinski definition) is 3. The molecular weight excluding hydrogens is 352 g/mol. The topological polar surface area (TPSA) is 35.5 Å². The lowest BCUT2D eigenvalue weighted by Gasteiger charge is -2.35. The lowest BCUT2D eigenvalue weighted by Crippen LogP contribution is -2.44. The summed E-state index contributed by atoms with van der Waals surface area (Å²) in [4.78, 5) is 13.5. The number of methoxy groups -OCH3 is 1. The van der Waals surface area contributed by atoms with Crippen LogP contribution in [0.15, 0.2) is 66.7 Å². The molecule has 0 spiro atoms. The molecule has 1 unspecified atom stereocenters. The Balaban J connectivity index is 2.10. The Hall–Kier alpha value is -2.43. The van der Waals surface area contributed by atoms with Crippen LogP contribution in [0, 0.1) is 0 Å². The van der Waals surface area contributed by atoms with Crippen molar-refractivity contribution in [1.29, 1.82) is 0 Å². The van der Waals surface area contributed by atoms with Gasteiger partial charge in [-0.3, -0.25) is 4.79 Å². The van der Waals surface area contributed by atoms with E-state index in [1.165, 1.54) is 0 Å². The van der Waals surface area contributed by atoms with Gasteiger partial charge in [0.15, 0.2) is 14.1 Å². The van der Waals surface area contributed by atoms with Crippen LogP contribution in [0.4, 0.5) is 0 Å². The van der Waals surface area contributed by atoms with Crippen LogP contribution in [0.25, 0.3) is 10.8 Å². The van der Waals surface area contributed by atoms with Crippen LogP contribution in [0.5, 0.6) is 5.75 Å². The third-order valence-electron chi connectivity index (χ3n) is 4.60. The minimum Gasteiger partial charge on any atom is -0.497 e. The van der Waals surface area contributed by atoms with E-state index in [1.807, 2.05) is 37.3 Å². The summed E-state index contributed by atoms with van der Waals surface area (Å²) in [5.74, 6) is 0.688. The fraction of sp³-hybridized carbons (Fsp3) is 0.261. The van der Waals surface area contributed by atoms with Crippen LogP contribution < -0.4 is 4.74 Å². The molecule has 0 aliphatic carbocycles. The molecule has 0 heterocycles. The molecule has 1 atom stereocenters. The number of ether oxygens (including phenoxy) is 1. The molecule has 0 saturated carbocycles. The van der Waals surface area contributed by atoms with Crippen molar-refractivity contribution in [2.75, 3.05) is 7.11 Å². The maximum Gasteiger partial charge on any atom is 0.197 e. The van der Waals surface area contributed by atoms with Crippen molar-refractivity contribution in [2.24, 2.45) is 0 Å². The van der Waals surface area contributed by atoms with Crippen LogP contribution in [-0.4, -0.2) is 21.2 Å². The van der Waals surface area contributed by atoms with Crippen LogP contribution in [0.2, 0.25) is 19.6 Å². The second kappa shape index (κ2) is 7.29. The van der Waals surface area contributed by atoms with Crippen LogP contribution in [-0.2, 0) is 10.0 Å². The molecule has 3 aromatic rings. The zero-order valence-electron chi connectivity index (χ0n) is 16.6. The summed E-state index contributed by atoms with van der Waals surface area (Å²) in [6.45, 7) is 8.21. The number of ketones is 1. The normalized spacial score (nSPS) is 14.0. The number of rotatable bonds is 6. The quantitative estimate of drug-likeness (QED) is 0.402. The first-order valence-electron chi connectivity index (χ1n) is 9.11. The number of fused-ring (bicyclic) bond motifs is 1. The Kier molecular flexibility index (Phi) is 5.22. The smallest absolute Gasteiger partial charge is 0.197 e. The summed E-state index contributed by atoms with van der Waals surface area (Å²) in [7, 11) is -0.386. The molecule has 0 radical (unpaired) electrons. The summed E-state index contributed by atoms with van der Waals surface area (Å²) in [5, 5.41) is 2.25. The number of carbonyl (C=O) groups excluding carboxylic acids is 1. The Bertz CT molecular complexity index is 957. The van der Waals surface area contributed by atoms with E-state index in [0.29, 0.717) is 5.56 Å². The van der Waals surface area contributed by atoms with Gasteiger partial charge >= 0.3 is 0 Å². The molecule has 140 valence electrons. The number of carbonyl (C=O) groups is 1. The molecule has 3 rings (SSSR count). The van der Waals surface area contributed by atoms with Gasteiger partial charge in [0.05, 0.1) is 7.11 Å². The molecule has 0 amide bonds. The van der Waals surface area contributed by atoms with Gasteiger partial charge in [-0.05, 0) is 73.2 Å². The Morgan fingerprint density at radius 2 is 1.52 bits per heavy atom. The third kappa shape index (κ3) is 4.12. The molecule has 0 N–H and O–H groups in total. The Labute approximate surface area is 162 Å². The molecule has 27 heavy (non-hydrogen) atoms. The average Bonchev–Trinajstić information content (AvgIpc) is 2.65. The Morgan fingerprint density at radius 1 is 0.889 bits per heavy atom. The zero-order chi connectivity index (χ0) is 19.7. The van der Waals surface area contributed by atoms with E-state index in [4.69, 9.17) is 9.16 Å². The van der Waals surface area contributed by atoms with Crippen LogP contribution >= 0.6 is 0 Å². The molecule has 0 aliphatic rings. The van der Waals surface area contributed by atoms with Gasteiger partial charge in [-0.25, -0.2) is 0 Å². The van der Waals surface area contributed by atoms with Gasteiger partial charge in [0, 0.05) is 5.56 Å². The molecule has 3 nitrogen and oxygen atoms in total. The fourth-order valence-electron chi connectivity index (χ4n) is 3.35. The highest BCUT2D eigenvalue weighted by Crippen LogP contribution is 2.35. The predicted molar refractivity (Wildman–Crippen MR) is 113 cm³/mol. The highest BCUT2D eigenvalue weighted by Gasteiger charge is 2.40. The van der Waals surface area contributed by atoms with Crippen molar-refractivity contribution in [3.05, 3.63) is 77.9 Å². The summed E-state index contributed by atoms with van der Waals surface area (Å²) >= 11 is 0. The van der Waals surface area contributed by atoms with Crippen molar-refractivity contribution >= 4 is 24.9 Å². The van der Waals surface area contributed by atoms with Gasteiger partial charge < -0.3 is 9.16 Å². The maximum atomic E-state index is 13.5. The standard InChI is InChI=1S/C23H26O3Si/c1-23(26-27(3,4)5,22(24)18-11-14-21(25-2)15-12-18)20-13-10-17-8-6-7-9-19(17)16-20/h6-16H,1-5H3. The zero-order valence-corrected chi connectivity index (χ0v) is 17.6. The lowest BCUT2D eigenvalue weighted by molar-refractivity contribution is 0.0477. The summed E-state index contributed by atoms with van der Waals surface area (Å²) in [6.07, 6.45) is 0. The first-order valence-corrected chi connectivity index (χ1v) is 12.5. The predicted octanol–water partition coefficient (Wildman–Crippen LogP) is 5.80. The van der Waals surface area contributed by atoms with Gasteiger partial charge in [0.25, 0.3) is 0 Å². The maximum absolute atomic E-state index is 13.5. The molecule has 0 fully saturated rings. The van der Waals surface area contributed by atoms with Crippen molar-refractivity contribution in [2.45, 2.75) is 32.2 Å². The van der Waals surface area contributed by atoms with Crippen molar-refractivity contribution < 1.29 is 14.0 Å². The highest BCUT2D eigenvalue weighted by atomic mass is 28.4. The number of Topliss-reactive ketones (excluding diaryl/α,β-unsaturated/α-hetero) is 1. The van der Waals surface area contributed by atoms with Gasteiger partial charge in [-0.2, -0.15) is 0 Å². The van der Waals surface area contributed by atoms with Crippen LogP contribution in [0.1, 0.15) is 22.8 Å². The summed E-state index contributed by atoms with van der Waals surface area (Å²) in [5.41, 5.74) is 0.456. The minimum absolute atomic E-state index is 0.0390. The second-order valence-corrected chi connectivity index (χ2v) is 12.3. The van der Waals surface area contributed by atoms with Gasteiger partial charge in [-0.15, -0.1) is 0 Å². The fourth-order valence-corrected chi connectivity index (χ4v) is 4.79. The van der Waals surface area contributed by atoms with E-state index in [9.17, 15) is 4.79 Å². The molecule has 0 saturated heterocycles. The van der Waals surface area contributed by atoms with Gasteiger partial charge in [0.2, 0.25) is 0 Å². The third-order valence-corrected chi connectivity index (χ3v) is 5.62. The molecule has 0 aromatic heterocycles.